The summed E-state index contributed by atoms with van der Waals surface area (Å²) in [5.74, 6) is 0. The van der Waals surface area contributed by atoms with Gasteiger partial charge in [0.25, 0.3) is 0 Å². The summed E-state index contributed by atoms with van der Waals surface area (Å²) in [5, 5.41) is 3.30. The van der Waals surface area contributed by atoms with E-state index in [0.29, 0.717) is 19.8 Å². The zero-order valence-electron chi connectivity index (χ0n) is 11.9. The van der Waals surface area contributed by atoms with Crippen LogP contribution in [-0.4, -0.2) is 49.4 Å². The van der Waals surface area contributed by atoms with Crippen LogP contribution in [0.15, 0.2) is 30.3 Å². The molecule has 2 heterocycles. The molecule has 2 atom stereocenters. The van der Waals surface area contributed by atoms with Gasteiger partial charge < -0.3 is 19.7 Å². The van der Waals surface area contributed by atoms with E-state index in [-0.39, 0.29) is 30.6 Å². The first-order valence-corrected chi connectivity index (χ1v) is 7.14. The Morgan fingerprint density at radius 3 is 3.00 bits per heavy atom. The molecule has 0 unspecified atom stereocenters. The molecule has 1 aromatic rings. The van der Waals surface area contributed by atoms with Crippen LogP contribution in [-0.2, 0) is 16.1 Å². The summed E-state index contributed by atoms with van der Waals surface area (Å²) < 4.78 is 11.1. The lowest BCUT2D eigenvalue weighted by molar-refractivity contribution is -0.0755. The molecule has 0 aliphatic carbocycles. The summed E-state index contributed by atoms with van der Waals surface area (Å²) in [5.41, 5.74) is 1.01. The van der Waals surface area contributed by atoms with E-state index in [2.05, 4.69) is 5.32 Å². The number of ether oxygens (including phenoxy) is 2. The van der Waals surface area contributed by atoms with Crippen molar-refractivity contribution < 1.29 is 14.3 Å². The van der Waals surface area contributed by atoms with Crippen molar-refractivity contribution in [3.05, 3.63) is 35.9 Å². The van der Waals surface area contributed by atoms with Crippen LogP contribution in [0, 0.1) is 0 Å². The Labute approximate surface area is 131 Å². The van der Waals surface area contributed by atoms with E-state index in [0.717, 1.165) is 25.1 Å². The van der Waals surface area contributed by atoms with Gasteiger partial charge in [0.1, 0.15) is 6.61 Å². The number of nitrogens with zero attached hydrogens (tertiary/aromatic N) is 1. The summed E-state index contributed by atoms with van der Waals surface area (Å²) in [4.78, 5) is 14.1. The molecule has 1 N–H and O–H groups in total. The van der Waals surface area contributed by atoms with E-state index in [1.165, 1.54) is 0 Å². The second kappa shape index (κ2) is 7.64. The third-order valence-electron chi connectivity index (χ3n) is 3.90. The predicted molar refractivity (Wildman–Crippen MR) is 81.6 cm³/mol. The second-order valence-electron chi connectivity index (χ2n) is 5.20. The number of amides is 1. The number of nitrogens with one attached hydrogen (secondary N) is 1. The van der Waals surface area contributed by atoms with Gasteiger partial charge in [-0.15, -0.1) is 12.4 Å². The maximum absolute atomic E-state index is 12.3. The standard InChI is InChI=1S/C15H20N2O3.ClH/c18-15(20-11-12-4-2-1-3-5-12)17-8-9-19-14-10-16-7-6-13(14)17;/h1-5,13-14,16H,6-11H2;1H/t13-,14-;/m1./s1. The van der Waals surface area contributed by atoms with Crippen LogP contribution < -0.4 is 5.32 Å². The third kappa shape index (κ3) is 3.87. The number of morpholine rings is 1. The number of benzene rings is 1. The molecule has 2 aliphatic heterocycles. The number of rotatable bonds is 2. The lowest BCUT2D eigenvalue weighted by Gasteiger charge is -2.43. The van der Waals surface area contributed by atoms with Crippen LogP contribution in [0.25, 0.3) is 0 Å². The minimum Gasteiger partial charge on any atom is -0.445 e. The van der Waals surface area contributed by atoms with Gasteiger partial charge in [0.05, 0.1) is 18.8 Å². The Kier molecular flexibility index (Phi) is 5.85. The molecule has 1 aromatic carbocycles. The molecule has 0 aromatic heterocycles. The first-order valence-electron chi connectivity index (χ1n) is 7.14. The SMILES string of the molecule is Cl.O=C(OCc1ccccc1)N1CCO[C@@H]2CNCC[C@H]21. The van der Waals surface area contributed by atoms with E-state index in [4.69, 9.17) is 9.47 Å². The van der Waals surface area contributed by atoms with Crippen LogP contribution >= 0.6 is 12.4 Å². The molecule has 2 saturated heterocycles. The molecule has 3 rings (SSSR count). The van der Waals surface area contributed by atoms with Gasteiger partial charge in [-0.2, -0.15) is 0 Å². The Balaban J connectivity index is 0.00000161. The van der Waals surface area contributed by atoms with Crippen LogP contribution in [0.4, 0.5) is 4.79 Å². The number of fused-ring (bicyclic) bond motifs is 1. The summed E-state index contributed by atoms with van der Waals surface area (Å²) in [6.45, 7) is 3.27. The highest BCUT2D eigenvalue weighted by atomic mass is 35.5. The maximum atomic E-state index is 12.3. The summed E-state index contributed by atoms with van der Waals surface area (Å²) >= 11 is 0. The number of carbonyl (C=O) groups excluding carboxylic acids is 1. The molecule has 2 aliphatic rings. The molecule has 2 fully saturated rings. The fourth-order valence-electron chi connectivity index (χ4n) is 2.84. The number of hydrogen-bond donors (Lipinski definition) is 1. The number of hydrogen-bond acceptors (Lipinski definition) is 4. The topological polar surface area (TPSA) is 50.8 Å². The molecule has 5 nitrogen and oxygen atoms in total. The quantitative estimate of drug-likeness (QED) is 0.905. The van der Waals surface area contributed by atoms with E-state index < -0.39 is 0 Å². The number of piperidine rings is 1. The molecule has 21 heavy (non-hydrogen) atoms. The molecular formula is C15H21ClN2O3. The monoisotopic (exact) mass is 312 g/mol. The summed E-state index contributed by atoms with van der Waals surface area (Å²) in [7, 11) is 0. The summed E-state index contributed by atoms with van der Waals surface area (Å²) in [6, 6.07) is 9.90. The lowest BCUT2D eigenvalue weighted by atomic mass is 10.0. The Bertz CT molecular complexity index is 455. The van der Waals surface area contributed by atoms with E-state index >= 15 is 0 Å². The van der Waals surface area contributed by atoms with Gasteiger partial charge >= 0.3 is 6.09 Å². The maximum Gasteiger partial charge on any atom is 0.410 e. The highest BCUT2D eigenvalue weighted by Gasteiger charge is 2.37. The molecule has 0 bridgehead atoms. The lowest BCUT2D eigenvalue weighted by Crippen LogP contribution is -2.59. The van der Waals surface area contributed by atoms with Crippen LogP contribution in [0.3, 0.4) is 0 Å². The van der Waals surface area contributed by atoms with Crippen molar-refractivity contribution in [3.8, 4) is 0 Å². The highest BCUT2D eigenvalue weighted by Crippen LogP contribution is 2.20. The largest absolute Gasteiger partial charge is 0.445 e. The van der Waals surface area contributed by atoms with Gasteiger partial charge in [0.2, 0.25) is 0 Å². The van der Waals surface area contributed by atoms with Crippen molar-refractivity contribution in [1.29, 1.82) is 0 Å². The van der Waals surface area contributed by atoms with Crippen molar-refractivity contribution in [1.82, 2.24) is 10.2 Å². The Hall–Kier alpha value is -1.30. The van der Waals surface area contributed by atoms with Gasteiger partial charge in [-0.1, -0.05) is 30.3 Å². The van der Waals surface area contributed by atoms with E-state index in [9.17, 15) is 4.79 Å². The molecule has 116 valence electrons. The molecule has 0 saturated carbocycles. The Morgan fingerprint density at radius 2 is 2.19 bits per heavy atom. The minimum absolute atomic E-state index is 0. The van der Waals surface area contributed by atoms with Crippen molar-refractivity contribution in [3.63, 3.8) is 0 Å². The van der Waals surface area contributed by atoms with Crippen molar-refractivity contribution in [2.75, 3.05) is 26.2 Å². The zero-order chi connectivity index (χ0) is 13.8. The van der Waals surface area contributed by atoms with Gasteiger partial charge in [-0.25, -0.2) is 4.79 Å². The molecule has 0 spiro atoms. The van der Waals surface area contributed by atoms with Crippen molar-refractivity contribution >= 4 is 18.5 Å². The normalized spacial score (nSPS) is 24.7. The molecule has 1 amide bonds. The smallest absolute Gasteiger partial charge is 0.410 e. The van der Waals surface area contributed by atoms with E-state index in [1.807, 2.05) is 35.2 Å². The fraction of sp³-hybridized carbons (Fsp3) is 0.533. The molecular weight excluding hydrogens is 292 g/mol. The van der Waals surface area contributed by atoms with Crippen molar-refractivity contribution in [2.45, 2.75) is 25.2 Å². The van der Waals surface area contributed by atoms with Gasteiger partial charge in [0.15, 0.2) is 0 Å². The number of carbonyl (C=O) groups is 1. The van der Waals surface area contributed by atoms with Gasteiger partial charge in [0, 0.05) is 13.1 Å². The first kappa shape index (κ1) is 16.1. The van der Waals surface area contributed by atoms with E-state index in [1.54, 1.807) is 0 Å². The van der Waals surface area contributed by atoms with Crippen LogP contribution in [0.1, 0.15) is 12.0 Å². The van der Waals surface area contributed by atoms with Crippen molar-refractivity contribution in [2.24, 2.45) is 0 Å². The zero-order valence-corrected chi connectivity index (χ0v) is 12.7. The average molecular weight is 313 g/mol. The van der Waals surface area contributed by atoms with Gasteiger partial charge in [-0.05, 0) is 18.5 Å². The Morgan fingerprint density at radius 1 is 1.38 bits per heavy atom. The summed E-state index contributed by atoms with van der Waals surface area (Å²) in [6.07, 6.45) is 0.793. The number of halogens is 1. The van der Waals surface area contributed by atoms with Crippen LogP contribution in [0.5, 0.6) is 0 Å². The highest BCUT2D eigenvalue weighted by molar-refractivity contribution is 5.85. The predicted octanol–water partition coefficient (Wildman–Crippen LogP) is 1.81. The molecule has 0 radical (unpaired) electrons. The minimum atomic E-state index is -0.228. The fourth-order valence-corrected chi connectivity index (χ4v) is 2.84. The van der Waals surface area contributed by atoms with Gasteiger partial charge in [-0.3, -0.25) is 0 Å². The third-order valence-corrected chi connectivity index (χ3v) is 3.90. The van der Waals surface area contributed by atoms with Crippen LogP contribution in [0.2, 0.25) is 0 Å². The average Bonchev–Trinajstić information content (AvgIpc) is 2.53. The molecule has 6 heteroatoms. The second-order valence-corrected chi connectivity index (χ2v) is 5.20. The first-order chi connectivity index (χ1) is 9.84.